The number of ether oxygens (including phenoxy) is 7. The molecular formula is C26H49NO13. The van der Waals surface area contributed by atoms with E-state index >= 15 is 0 Å². The number of hydrogen-bond donors (Lipinski definition) is 5. The van der Waals surface area contributed by atoms with Crippen molar-refractivity contribution in [2.75, 3.05) is 85.8 Å². The number of amides is 1. The third kappa shape index (κ3) is 15.6. The summed E-state index contributed by atoms with van der Waals surface area (Å²) >= 11 is 0. The summed E-state index contributed by atoms with van der Waals surface area (Å²) in [4.78, 5) is 22.5. The monoisotopic (exact) mass is 583 g/mol. The molecule has 1 saturated heterocycles. The summed E-state index contributed by atoms with van der Waals surface area (Å²) in [7, 11) is 0. The summed E-state index contributed by atoms with van der Waals surface area (Å²) in [6.45, 7) is 7.39. The molecule has 14 heteroatoms. The number of rotatable bonds is 25. The molecule has 14 nitrogen and oxygen atoms in total. The van der Waals surface area contributed by atoms with Crippen LogP contribution in [0.3, 0.4) is 0 Å². The first kappa shape index (κ1) is 36.7. The van der Waals surface area contributed by atoms with Gasteiger partial charge >= 0.3 is 0 Å². The summed E-state index contributed by atoms with van der Waals surface area (Å²) in [6.07, 6.45) is -4.33. The second kappa shape index (κ2) is 22.3. The molecule has 1 aliphatic rings. The summed E-state index contributed by atoms with van der Waals surface area (Å²) in [5.74, 6) is -0.156. The van der Waals surface area contributed by atoms with Crippen molar-refractivity contribution in [2.24, 2.45) is 5.41 Å². The first-order chi connectivity index (χ1) is 19.3. The van der Waals surface area contributed by atoms with E-state index in [0.29, 0.717) is 59.2 Å². The molecule has 6 unspecified atom stereocenters. The predicted molar refractivity (Wildman–Crippen MR) is 141 cm³/mol. The minimum Gasteiger partial charge on any atom is -0.394 e. The zero-order valence-corrected chi connectivity index (χ0v) is 23.7. The Bertz CT molecular complexity index is 656. The van der Waals surface area contributed by atoms with Gasteiger partial charge in [0.2, 0.25) is 5.91 Å². The third-order valence-electron chi connectivity index (χ3n) is 5.85. The molecule has 0 aromatic rings. The van der Waals surface area contributed by atoms with Gasteiger partial charge in [0, 0.05) is 31.4 Å². The van der Waals surface area contributed by atoms with Crippen LogP contribution < -0.4 is 5.32 Å². The molecule has 1 heterocycles. The van der Waals surface area contributed by atoms with E-state index in [-0.39, 0.29) is 44.2 Å². The van der Waals surface area contributed by atoms with Crippen LogP contribution in [0.2, 0.25) is 0 Å². The number of nitrogens with one attached hydrogen (secondary N) is 1. The number of hydrogen-bond acceptors (Lipinski definition) is 13. The number of aldehydes is 1. The Morgan fingerprint density at radius 2 is 1.48 bits per heavy atom. The fourth-order valence-electron chi connectivity index (χ4n) is 3.62. The Balaban J connectivity index is 2.05. The van der Waals surface area contributed by atoms with Gasteiger partial charge in [-0.2, -0.15) is 0 Å². The van der Waals surface area contributed by atoms with E-state index < -0.39 is 37.3 Å². The lowest BCUT2D eigenvalue weighted by Crippen LogP contribution is -2.59. The van der Waals surface area contributed by atoms with Gasteiger partial charge in [-0.25, -0.2) is 0 Å². The van der Waals surface area contributed by atoms with Crippen LogP contribution in [-0.2, 0) is 42.7 Å². The summed E-state index contributed by atoms with van der Waals surface area (Å²) in [5, 5.41) is 41.3. The van der Waals surface area contributed by atoms with E-state index in [9.17, 15) is 30.0 Å². The van der Waals surface area contributed by atoms with Crippen molar-refractivity contribution in [3.05, 3.63) is 0 Å². The summed E-state index contributed by atoms with van der Waals surface area (Å²) < 4.78 is 38.3. The van der Waals surface area contributed by atoms with Crippen LogP contribution in [0.4, 0.5) is 0 Å². The normalized spacial score (nSPS) is 24.5. The van der Waals surface area contributed by atoms with E-state index in [1.807, 2.05) is 13.8 Å². The van der Waals surface area contributed by atoms with Gasteiger partial charge in [0.05, 0.1) is 72.7 Å². The highest BCUT2D eigenvalue weighted by Gasteiger charge is 2.43. The molecular weight excluding hydrogens is 534 g/mol. The molecule has 5 N–H and O–H groups in total. The topological polar surface area (TPSA) is 192 Å². The second-order valence-electron chi connectivity index (χ2n) is 9.82. The highest BCUT2D eigenvalue weighted by molar-refractivity contribution is 5.75. The van der Waals surface area contributed by atoms with Crippen LogP contribution in [0.5, 0.6) is 0 Å². The number of carbonyl (C=O) groups is 2. The van der Waals surface area contributed by atoms with E-state index in [4.69, 9.17) is 33.2 Å². The van der Waals surface area contributed by atoms with Crippen molar-refractivity contribution in [3.63, 3.8) is 0 Å². The van der Waals surface area contributed by atoms with Crippen LogP contribution >= 0.6 is 0 Å². The van der Waals surface area contributed by atoms with Crippen molar-refractivity contribution in [3.8, 4) is 0 Å². The average molecular weight is 584 g/mol. The fourth-order valence-corrected chi connectivity index (χ4v) is 3.62. The number of aliphatic hydroxyl groups is 4. The van der Waals surface area contributed by atoms with Crippen LogP contribution in [-0.4, -0.2) is 149 Å². The quantitative estimate of drug-likeness (QED) is 0.0610. The molecule has 0 spiro atoms. The Hall–Kier alpha value is -1.30. The minimum atomic E-state index is -1.49. The molecule has 0 radical (unpaired) electrons. The van der Waals surface area contributed by atoms with Gasteiger partial charge in [0.25, 0.3) is 0 Å². The lowest BCUT2D eigenvalue weighted by Gasteiger charge is -2.39. The van der Waals surface area contributed by atoms with Gasteiger partial charge in [0.15, 0.2) is 6.29 Å². The molecule has 0 saturated carbocycles. The van der Waals surface area contributed by atoms with E-state index in [0.717, 1.165) is 12.7 Å². The van der Waals surface area contributed by atoms with Crippen LogP contribution in [0.25, 0.3) is 0 Å². The lowest BCUT2D eigenvalue weighted by molar-refractivity contribution is -0.302. The number of carbonyl (C=O) groups excluding carboxylic acids is 2. The maximum absolute atomic E-state index is 12.0. The molecule has 0 aliphatic carbocycles. The molecule has 1 fully saturated rings. The molecule has 1 amide bonds. The minimum absolute atomic E-state index is 0.0545. The summed E-state index contributed by atoms with van der Waals surface area (Å²) in [6, 6.07) is 0. The van der Waals surface area contributed by atoms with Crippen LogP contribution in [0, 0.1) is 5.41 Å². The molecule has 0 aromatic heterocycles. The Morgan fingerprint density at radius 3 is 2.12 bits per heavy atom. The molecule has 236 valence electrons. The Kier molecular flexibility index (Phi) is 20.5. The van der Waals surface area contributed by atoms with Gasteiger partial charge in [0.1, 0.15) is 30.7 Å². The Morgan fingerprint density at radius 1 is 0.850 bits per heavy atom. The summed E-state index contributed by atoms with van der Waals surface area (Å²) in [5.41, 5.74) is -0.378. The molecule has 6 atom stereocenters. The first-order valence-corrected chi connectivity index (χ1v) is 13.8. The highest BCUT2D eigenvalue weighted by atomic mass is 16.7. The molecule has 0 aromatic carbocycles. The highest BCUT2D eigenvalue weighted by Crippen LogP contribution is 2.22. The zero-order valence-electron chi connectivity index (χ0n) is 23.7. The molecule has 1 aliphatic heterocycles. The van der Waals surface area contributed by atoms with E-state index in [2.05, 4.69) is 5.32 Å². The van der Waals surface area contributed by atoms with Gasteiger partial charge in [-0.15, -0.1) is 0 Å². The maximum atomic E-state index is 12.0. The standard InChI is InChI=1S/C26H49NO13/c1-3-8-36-17-26(2,18-37-9-4-7-28)19-38-10-5-21(30)27-6-11-34-12-13-35-14-15-39-25-24(33)23(32)22(31)20(16-29)40-25/h7,20,22-25,29,31-33H,3-6,8-19H2,1-2H3,(H,27,30). The van der Waals surface area contributed by atoms with Crippen LogP contribution in [0.15, 0.2) is 0 Å². The molecule has 0 bridgehead atoms. The Labute approximate surface area is 236 Å². The number of aliphatic hydroxyl groups excluding tert-OH is 4. The van der Waals surface area contributed by atoms with Gasteiger partial charge in [-0.05, 0) is 6.42 Å². The first-order valence-electron chi connectivity index (χ1n) is 13.8. The lowest BCUT2D eigenvalue weighted by atomic mass is 9.94. The second-order valence-corrected chi connectivity index (χ2v) is 9.82. The third-order valence-corrected chi connectivity index (χ3v) is 5.85. The SMILES string of the molecule is CCCOCC(C)(COCCC=O)COCCC(=O)NCCOCCOCCOC1OC(CO)C(O)C(O)C1O. The van der Waals surface area contributed by atoms with E-state index in [1.165, 1.54) is 0 Å². The van der Waals surface area contributed by atoms with Crippen molar-refractivity contribution in [1.29, 1.82) is 0 Å². The van der Waals surface area contributed by atoms with Crippen molar-refractivity contribution < 1.29 is 63.2 Å². The smallest absolute Gasteiger partial charge is 0.222 e. The van der Waals surface area contributed by atoms with Gasteiger partial charge < -0.3 is 63.7 Å². The fraction of sp³-hybridized carbons (Fsp3) is 0.923. The maximum Gasteiger partial charge on any atom is 0.222 e. The van der Waals surface area contributed by atoms with Crippen molar-refractivity contribution in [2.45, 2.75) is 63.8 Å². The van der Waals surface area contributed by atoms with Crippen molar-refractivity contribution in [1.82, 2.24) is 5.32 Å². The van der Waals surface area contributed by atoms with E-state index in [1.54, 1.807) is 0 Å². The predicted octanol–water partition coefficient (Wildman–Crippen LogP) is -1.60. The average Bonchev–Trinajstić information content (AvgIpc) is 2.94. The van der Waals surface area contributed by atoms with Crippen LogP contribution in [0.1, 0.15) is 33.1 Å². The molecule has 40 heavy (non-hydrogen) atoms. The molecule has 1 rings (SSSR count). The van der Waals surface area contributed by atoms with Gasteiger partial charge in [-0.1, -0.05) is 13.8 Å². The van der Waals surface area contributed by atoms with Crippen molar-refractivity contribution >= 4 is 12.2 Å². The largest absolute Gasteiger partial charge is 0.394 e. The van der Waals surface area contributed by atoms with Gasteiger partial charge in [-0.3, -0.25) is 4.79 Å². The zero-order chi connectivity index (χ0) is 29.6.